The van der Waals surface area contributed by atoms with Crippen LogP contribution in [0.4, 0.5) is 0 Å². The molecule has 122 valence electrons. The van der Waals surface area contributed by atoms with Gasteiger partial charge in [-0.2, -0.15) is 0 Å². The number of hydrogen-bond donors (Lipinski definition) is 1. The van der Waals surface area contributed by atoms with Crippen molar-refractivity contribution < 1.29 is 9.53 Å². The molecule has 2 heterocycles. The molecule has 1 amide bonds. The largest absolute Gasteiger partial charge is 0.378 e. The molecule has 0 saturated carbocycles. The van der Waals surface area contributed by atoms with E-state index in [9.17, 15) is 14.4 Å². The molecule has 0 bridgehead atoms. The number of nitrogens with one attached hydrogen (secondary N) is 1. The second-order valence-electron chi connectivity index (χ2n) is 5.65. The quantitative estimate of drug-likeness (QED) is 0.821. The average Bonchev–Trinajstić information content (AvgIpc) is 2.52. The molecule has 2 rings (SSSR count). The lowest BCUT2D eigenvalue weighted by atomic mass is 10.1. The third-order valence-corrected chi connectivity index (χ3v) is 3.95. The van der Waals surface area contributed by atoms with E-state index in [1.807, 2.05) is 0 Å². The Bertz CT molecular complexity index is 601. The fourth-order valence-electron chi connectivity index (χ4n) is 2.52. The second kappa shape index (κ2) is 7.93. The Morgan fingerprint density at radius 3 is 2.95 bits per heavy atom. The number of hydrogen-bond acceptors (Lipinski definition) is 4. The Hall–Kier alpha value is -1.89. The highest BCUT2D eigenvalue weighted by molar-refractivity contribution is 5.75. The molecule has 7 heteroatoms. The average molecular weight is 309 g/mol. The molecule has 0 aromatic carbocycles. The normalized spacial score (nSPS) is 18.1. The molecule has 0 aliphatic carbocycles. The maximum absolute atomic E-state index is 12.1. The highest BCUT2D eigenvalue weighted by Gasteiger charge is 2.16. The molecule has 22 heavy (non-hydrogen) atoms. The van der Waals surface area contributed by atoms with Crippen LogP contribution in [0.15, 0.2) is 21.9 Å². The van der Waals surface area contributed by atoms with Crippen molar-refractivity contribution in [2.75, 3.05) is 20.2 Å². The van der Waals surface area contributed by atoms with Crippen molar-refractivity contribution >= 4 is 5.91 Å². The molecule has 1 aliphatic heterocycles. The van der Waals surface area contributed by atoms with E-state index in [0.717, 1.165) is 25.9 Å². The number of nitrogens with zero attached hydrogens (tertiary/aromatic N) is 2. The summed E-state index contributed by atoms with van der Waals surface area (Å²) in [6, 6.07) is 1.27. The van der Waals surface area contributed by atoms with Crippen LogP contribution >= 0.6 is 0 Å². The first-order valence-electron chi connectivity index (χ1n) is 7.71. The maximum Gasteiger partial charge on any atom is 0.328 e. The molecule has 1 unspecified atom stereocenters. The lowest BCUT2D eigenvalue weighted by Gasteiger charge is -2.25. The van der Waals surface area contributed by atoms with E-state index in [1.165, 1.54) is 23.3 Å². The summed E-state index contributed by atoms with van der Waals surface area (Å²) in [5.41, 5.74) is -0.921. The zero-order valence-corrected chi connectivity index (χ0v) is 12.9. The molecule has 0 radical (unpaired) electrons. The van der Waals surface area contributed by atoms with E-state index in [4.69, 9.17) is 4.74 Å². The molecule has 1 atom stereocenters. The number of ether oxygens (including phenoxy) is 1. The Morgan fingerprint density at radius 1 is 1.45 bits per heavy atom. The van der Waals surface area contributed by atoms with Crippen LogP contribution in [0.1, 0.15) is 32.1 Å². The number of carbonyl (C=O) groups excluding carboxylic acids is 1. The Kier molecular flexibility index (Phi) is 5.94. The summed E-state index contributed by atoms with van der Waals surface area (Å²) in [6.45, 7) is 1.74. The molecular weight excluding hydrogens is 286 g/mol. The van der Waals surface area contributed by atoms with Gasteiger partial charge in [-0.15, -0.1) is 0 Å². The van der Waals surface area contributed by atoms with Crippen LogP contribution in [0.3, 0.4) is 0 Å². The summed E-state index contributed by atoms with van der Waals surface area (Å²) >= 11 is 0. The molecule has 1 saturated heterocycles. The zero-order chi connectivity index (χ0) is 15.9. The SMILES string of the molecule is CN(CCC1CCCCO1)C(=O)CCn1ccc(=O)[nH]c1=O. The molecule has 0 spiro atoms. The van der Waals surface area contributed by atoms with Gasteiger partial charge in [-0.1, -0.05) is 0 Å². The number of carbonyl (C=O) groups is 1. The van der Waals surface area contributed by atoms with Gasteiger partial charge in [0.15, 0.2) is 0 Å². The number of aryl methyl sites for hydroxylation is 1. The van der Waals surface area contributed by atoms with Gasteiger partial charge in [0.2, 0.25) is 5.91 Å². The van der Waals surface area contributed by atoms with Crippen LogP contribution in [-0.4, -0.2) is 46.7 Å². The van der Waals surface area contributed by atoms with Crippen LogP contribution in [0.5, 0.6) is 0 Å². The van der Waals surface area contributed by atoms with Crippen molar-refractivity contribution in [3.05, 3.63) is 33.1 Å². The van der Waals surface area contributed by atoms with Crippen molar-refractivity contribution in [3.63, 3.8) is 0 Å². The summed E-state index contributed by atoms with van der Waals surface area (Å²) in [4.78, 5) is 38.4. The van der Waals surface area contributed by atoms with E-state index in [1.54, 1.807) is 11.9 Å². The zero-order valence-electron chi connectivity index (χ0n) is 12.9. The first-order valence-corrected chi connectivity index (χ1v) is 7.71. The molecule has 1 fully saturated rings. The minimum atomic E-state index is -0.487. The van der Waals surface area contributed by atoms with Gasteiger partial charge < -0.3 is 14.2 Å². The summed E-state index contributed by atoms with van der Waals surface area (Å²) in [7, 11) is 1.76. The van der Waals surface area contributed by atoms with Gasteiger partial charge in [0, 0.05) is 45.4 Å². The van der Waals surface area contributed by atoms with Crippen molar-refractivity contribution in [1.82, 2.24) is 14.5 Å². The third-order valence-electron chi connectivity index (χ3n) is 3.95. The van der Waals surface area contributed by atoms with Crippen molar-refractivity contribution in [3.8, 4) is 0 Å². The number of amides is 1. The highest BCUT2D eigenvalue weighted by Crippen LogP contribution is 2.15. The van der Waals surface area contributed by atoms with Gasteiger partial charge in [0.1, 0.15) is 0 Å². The third kappa shape index (κ3) is 4.84. The number of H-pyrrole nitrogens is 1. The number of aromatic nitrogens is 2. The van der Waals surface area contributed by atoms with Gasteiger partial charge in [0.05, 0.1) is 6.10 Å². The van der Waals surface area contributed by atoms with E-state index in [-0.39, 0.29) is 25.0 Å². The fraction of sp³-hybridized carbons (Fsp3) is 0.667. The van der Waals surface area contributed by atoms with E-state index >= 15 is 0 Å². The Labute approximate surface area is 128 Å². The van der Waals surface area contributed by atoms with Crippen LogP contribution in [-0.2, 0) is 16.1 Å². The topological polar surface area (TPSA) is 84.4 Å². The van der Waals surface area contributed by atoms with Crippen LogP contribution in [0.2, 0.25) is 0 Å². The minimum Gasteiger partial charge on any atom is -0.378 e. The Balaban J connectivity index is 1.76. The summed E-state index contributed by atoms with van der Waals surface area (Å²) < 4.78 is 6.98. The number of aromatic amines is 1. The van der Waals surface area contributed by atoms with Gasteiger partial charge in [0.25, 0.3) is 5.56 Å². The first kappa shape index (κ1) is 16.5. The lowest BCUT2D eigenvalue weighted by molar-refractivity contribution is -0.130. The minimum absolute atomic E-state index is 0.0195. The summed E-state index contributed by atoms with van der Waals surface area (Å²) in [5.74, 6) is -0.0195. The second-order valence-corrected chi connectivity index (χ2v) is 5.65. The monoisotopic (exact) mass is 309 g/mol. The van der Waals surface area contributed by atoms with E-state index in [2.05, 4.69) is 4.98 Å². The van der Waals surface area contributed by atoms with Crippen molar-refractivity contribution in [1.29, 1.82) is 0 Å². The molecular formula is C15H23N3O4. The summed E-state index contributed by atoms with van der Waals surface area (Å²) in [6.07, 6.45) is 6.12. The Morgan fingerprint density at radius 2 is 2.27 bits per heavy atom. The van der Waals surface area contributed by atoms with E-state index < -0.39 is 11.2 Å². The van der Waals surface area contributed by atoms with Gasteiger partial charge in [-0.05, 0) is 25.7 Å². The lowest BCUT2D eigenvalue weighted by Crippen LogP contribution is -2.34. The van der Waals surface area contributed by atoms with E-state index in [0.29, 0.717) is 6.54 Å². The van der Waals surface area contributed by atoms with Crippen molar-refractivity contribution in [2.45, 2.75) is 44.8 Å². The molecule has 1 aliphatic rings. The first-order chi connectivity index (χ1) is 10.6. The van der Waals surface area contributed by atoms with Crippen LogP contribution in [0.25, 0.3) is 0 Å². The molecule has 1 aromatic heterocycles. The number of rotatable bonds is 6. The highest BCUT2D eigenvalue weighted by atomic mass is 16.5. The van der Waals surface area contributed by atoms with Crippen LogP contribution in [0, 0.1) is 0 Å². The smallest absolute Gasteiger partial charge is 0.328 e. The predicted octanol–water partition coefficient (Wildman–Crippen LogP) is 0.344. The summed E-state index contributed by atoms with van der Waals surface area (Å²) in [5, 5.41) is 0. The molecule has 7 nitrogen and oxygen atoms in total. The van der Waals surface area contributed by atoms with Gasteiger partial charge in [-0.25, -0.2) is 4.79 Å². The standard InChI is InChI=1S/C15H23N3O4/c1-17(8-5-12-4-2-3-11-22-12)14(20)7-10-18-9-6-13(19)16-15(18)21/h6,9,12H,2-5,7-8,10-11H2,1H3,(H,16,19,21). The maximum atomic E-state index is 12.1. The molecule has 1 N–H and O–H groups in total. The van der Waals surface area contributed by atoms with Crippen molar-refractivity contribution in [2.24, 2.45) is 0 Å². The van der Waals surface area contributed by atoms with Gasteiger partial charge in [-0.3, -0.25) is 14.6 Å². The van der Waals surface area contributed by atoms with Crippen LogP contribution < -0.4 is 11.2 Å². The van der Waals surface area contributed by atoms with Gasteiger partial charge >= 0.3 is 5.69 Å². The fourth-order valence-corrected chi connectivity index (χ4v) is 2.52. The predicted molar refractivity (Wildman–Crippen MR) is 81.8 cm³/mol. The molecule has 1 aromatic rings.